The van der Waals surface area contributed by atoms with E-state index in [1.807, 2.05) is 35.2 Å². The topological polar surface area (TPSA) is 59.2 Å². The standard InChI is InChI=1S/C15H17N3O.2ClH/c16-10-12-5-3-9-18(12)15(19)14-13-6-2-1-4-11(13)7-8-17-14;;/h1-2,4,6-8,12H,3,5,9-10,16H2;2*1H. The maximum absolute atomic E-state index is 12.6. The first-order valence-corrected chi connectivity index (χ1v) is 6.66. The minimum absolute atomic E-state index is 0. The number of pyridine rings is 1. The van der Waals surface area contributed by atoms with E-state index in [-0.39, 0.29) is 36.8 Å². The van der Waals surface area contributed by atoms with Gasteiger partial charge in [-0.05, 0) is 24.3 Å². The third kappa shape index (κ3) is 3.28. The van der Waals surface area contributed by atoms with Crippen LogP contribution in [0.4, 0.5) is 0 Å². The molecule has 0 bridgehead atoms. The van der Waals surface area contributed by atoms with Gasteiger partial charge in [-0.2, -0.15) is 0 Å². The highest BCUT2D eigenvalue weighted by Gasteiger charge is 2.29. The molecule has 0 aliphatic carbocycles. The number of halogens is 2. The fraction of sp³-hybridized carbons (Fsp3) is 0.333. The van der Waals surface area contributed by atoms with E-state index in [1.54, 1.807) is 6.20 Å². The lowest BCUT2D eigenvalue weighted by Crippen LogP contribution is -2.40. The summed E-state index contributed by atoms with van der Waals surface area (Å²) in [5, 5.41) is 1.96. The molecule has 0 saturated carbocycles. The number of nitrogens with two attached hydrogens (primary N) is 1. The Morgan fingerprint density at radius 1 is 1.29 bits per heavy atom. The van der Waals surface area contributed by atoms with E-state index in [4.69, 9.17) is 5.73 Å². The maximum Gasteiger partial charge on any atom is 0.273 e. The van der Waals surface area contributed by atoms with Crippen LogP contribution in [0, 0.1) is 0 Å². The molecule has 0 spiro atoms. The first-order valence-electron chi connectivity index (χ1n) is 6.66. The monoisotopic (exact) mass is 327 g/mol. The van der Waals surface area contributed by atoms with Crippen LogP contribution in [-0.2, 0) is 0 Å². The number of fused-ring (bicyclic) bond motifs is 1. The summed E-state index contributed by atoms with van der Waals surface area (Å²) < 4.78 is 0. The Kier molecular flexibility index (Phi) is 6.40. The fourth-order valence-corrected chi connectivity index (χ4v) is 2.77. The van der Waals surface area contributed by atoms with Crippen molar-refractivity contribution in [3.63, 3.8) is 0 Å². The molecule has 3 rings (SSSR count). The van der Waals surface area contributed by atoms with Gasteiger partial charge in [-0.3, -0.25) is 9.78 Å². The first kappa shape index (κ1) is 17.7. The van der Waals surface area contributed by atoms with Gasteiger partial charge in [0.05, 0.1) is 0 Å². The van der Waals surface area contributed by atoms with E-state index in [9.17, 15) is 4.79 Å². The average molecular weight is 328 g/mol. The molecule has 1 aromatic carbocycles. The molecule has 0 radical (unpaired) electrons. The van der Waals surface area contributed by atoms with Crippen LogP contribution in [0.5, 0.6) is 0 Å². The Hall–Kier alpha value is -1.36. The molecular weight excluding hydrogens is 309 g/mol. The number of hydrogen-bond donors (Lipinski definition) is 1. The second-order valence-corrected chi connectivity index (χ2v) is 4.91. The van der Waals surface area contributed by atoms with Gasteiger partial charge in [0.25, 0.3) is 5.91 Å². The van der Waals surface area contributed by atoms with Gasteiger partial charge in [0, 0.05) is 30.7 Å². The second-order valence-electron chi connectivity index (χ2n) is 4.91. The summed E-state index contributed by atoms with van der Waals surface area (Å²) in [6, 6.07) is 9.94. The second kappa shape index (κ2) is 7.59. The Morgan fingerprint density at radius 3 is 2.81 bits per heavy atom. The van der Waals surface area contributed by atoms with E-state index in [0.717, 1.165) is 30.2 Å². The number of amides is 1. The van der Waals surface area contributed by atoms with Crippen LogP contribution in [0.3, 0.4) is 0 Å². The number of benzene rings is 1. The Labute approximate surface area is 136 Å². The lowest BCUT2D eigenvalue weighted by Gasteiger charge is -2.23. The summed E-state index contributed by atoms with van der Waals surface area (Å²) in [6.45, 7) is 1.31. The van der Waals surface area contributed by atoms with E-state index < -0.39 is 0 Å². The van der Waals surface area contributed by atoms with Crippen LogP contribution in [0.1, 0.15) is 23.3 Å². The Bertz CT molecular complexity index is 615. The van der Waals surface area contributed by atoms with Gasteiger partial charge >= 0.3 is 0 Å². The Morgan fingerprint density at radius 2 is 2.05 bits per heavy atom. The van der Waals surface area contributed by atoms with Crippen molar-refractivity contribution in [2.75, 3.05) is 13.1 Å². The van der Waals surface area contributed by atoms with Gasteiger partial charge in [0.1, 0.15) is 5.69 Å². The van der Waals surface area contributed by atoms with Crippen molar-refractivity contribution < 1.29 is 4.79 Å². The highest BCUT2D eigenvalue weighted by molar-refractivity contribution is 6.05. The van der Waals surface area contributed by atoms with E-state index >= 15 is 0 Å². The highest BCUT2D eigenvalue weighted by atomic mass is 35.5. The van der Waals surface area contributed by atoms with Crippen LogP contribution < -0.4 is 5.73 Å². The third-order valence-electron chi connectivity index (χ3n) is 3.79. The predicted octanol–water partition coefficient (Wildman–Crippen LogP) is 2.64. The molecule has 1 aliphatic heterocycles. The van der Waals surface area contributed by atoms with E-state index in [2.05, 4.69) is 4.98 Å². The molecule has 1 fully saturated rings. The summed E-state index contributed by atoms with van der Waals surface area (Å²) in [6.07, 6.45) is 3.72. The predicted molar refractivity (Wildman–Crippen MR) is 89.4 cm³/mol. The van der Waals surface area contributed by atoms with E-state index in [0.29, 0.717) is 12.2 Å². The zero-order valence-corrected chi connectivity index (χ0v) is 13.2. The zero-order chi connectivity index (χ0) is 13.2. The van der Waals surface area contributed by atoms with Crippen molar-refractivity contribution in [1.29, 1.82) is 0 Å². The number of rotatable bonds is 2. The minimum Gasteiger partial charge on any atom is -0.333 e. The first-order chi connectivity index (χ1) is 9.31. The average Bonchev–Trinajstić information content (AvgIpc) is 2.94. The third-order valence-corrected chi connectivity index (χ3v) is 3.79. The molecule has 2 heterocycles. The minimum atomic E-state index is 0. The highest BCUT2D eigenvalue weighted by Crippen LogP contribution is 2.22. The lowest BCUT2D eigenvalue weighted by molar-refractivity contribution is 0.0737. The van der Waals surface area contributed by atoms with Gasteiger partial charge in [-0.25, -0.2) is 0 Å². The molecule has 1 aliphatic rings. The van der Waals surface area contributed by atoms with Crippen LogP contribution in [0.2, 0.25) is 0 Å². The molecule has 6 heteroatoms. The van der Waals surface area contributed by atoms with Crippen molar-refractivity contribution in [2.24, 2.45) is 5.73 Å². The van der Waals surface area contributed by atoms with Crippen LogP contribution >= 0.6 is 24.8 Å². The quantitative estimate of drug-likeness (QED) is 0.922. The molecule has 1 unspecified atom stereocenters. The summed E-state index contributed by atoms with van der Waals surface area (Å²) in [5.74, 6) is 0.00440. The molecule has 21 heavy (non-hydrogen) atoms. The van der Waals surface area contributed by atoms with Gasteiger partial charge in [0.15, 0.2) is 0 Å². The van der Waals surface area contributed by atoms with Crippen molar-refractivity contribution in [3.05, 3.63) is 42.2 Å². The van der Waals surface area contributed by atoms with Gasteiger partial charge in [0.2, 0.25) is 0 Å². The largest absolute Gasteiger partial charge is 0.333 e. The van der Waals surface area contributed by atoms with Gasteiger partial charge in [-0.1, -0.05) is 24.3 Å². The number of carbonyl (C=O) groups excluding carboxylic acids is 1. The summed E-state index contributed by atoms with van der Waals surface area (Å²) in [4.78, 5) is 18.8. The Balaban J connectivity index is 0.00000110. The SMILES string of the molecule is Cl.Cl.NCC1CCCN1C(=O)c1nccc2ccccc12. The van der Waals surface area contributed by atoms with Crippen molar-refractivity contribution in [3.8, 4) is 0 Å². The molecule has 1 amide bonds. The molecule has 2 aromatic rings. The summed E-state index contributed by atoms with van der Waals surface area (Å²) in [5.41, 5.74) is 6.28. The van der Waals surface area contributed by atoms with Crippen molar-refractivity contribution >= 4 is 41.5 Å². The number of aromatic nitrogens is 1. The molecule has 2 N–H and O–H groups in total. The number of likely N-dealkylation sites (tertiary alicyclic amines) is 1. The molecule has 1 saturated heterocycles. The molecule has 1 aromatic heterocycles. The van der Waals surface area contributed by atoms with Crippen molar-refractivity contribution in [1.82, 2.24) is 9.88 Å². The fourth-order valence-electron chi connectivity index (χ4n) is 2.77. The summed E-state index contributed by atoms with van der Waals surface area (Å²) >= 11 is 0. The summed E-state index contributed by atoms with van der Waals surface area (Å²) in [7, 11) is 0. The van der Waals surface area contributed by atoms with Crippen LogP contribution in [0.25, 0.3) is 10.8 Å². The van der Waals surface area contributed by atoms with Crippen molar-refractivity contribution in [2.45, 2.75) is 18.9 Å². The number of hydrogen-bond acceptors (Lipinski definition) is 3. The molecular formula is C15H19Cl2N3O. The lowest BCUT2D eigenvalue weighted by atomic mass is 10.1. The van der Waals surface area contributed by atoms with Crippen LogP contribution in [0.15, 0.2) is 36.5 Å². The normalized spacial score (nSPS) is 17.2. The molecule has 114 valence electrons. The zero-order valence-electron chi connectivity index (χ0n) is 11.6. The smallest absolute Gasteiger partial charge is 0.273 e. The van der Waals surface area contributed by atoms with Crippen LogP contribution in [-0.4, -0.2) is 34.9 Å². The van der Waals surface area contributed by atoms with E-state index in [1.165, 1.54) is 0 Å². The van der Waals surface area contributed by atoms with Gasteiger partial charge in [-0.15, -0.1) is 24.8 Å². The van der Waals surface area contributed by atoms with Gasteiger partial charge < -0.3 is 10.6 Å². The number of nitrogens with zero attached hydrogens (tertiary/aromatic N) is 2. The maximum atomic E-state index is 12.6. The molecule has 1 atom stereocenters. The molecule has 4 nitrogen and oxygen atoms in total. The number of carbonyl (C=O) groups is 1.